The third kappa shape index (κ3) is 4.75. The van der Waals surface area contributed by atoms with Gasteiger partial charge in [-0.1, -0.05) is 25.1 Å². The lowest BCUT2D eigenvalue weighted by atomic mass is 10.0. The minimum atomic E-state index is 0.441. The van der Waals surface area contributed by atoms with Crippen molar-refractivity contribution in [2.45, 2.75) is 25.8 Å². The number of hydrogen-bond donors (Lipinski definition) is 1. The summed E-state index contributed by atoms with van der Waals surface area (Å²) < 4.78 is 10.5. The molecule has 1 aromatic rings. The van der Waals surface area contributed by atoms with Gasteiger partial charge in [-0.2, -0.15) is 0 Å². The molecular weight excluding hydrogens is 214 g/mol. The Kier molecular flexibility index (Phi) is 6.67. The van der Waals surface area contributed by atoms with Crippen molar-refractivity contribution in [1.29, 1.82) is 0 Å². The Labute approximate surface area is 104 Å². The van der Waals surface area contributed by atoms with E-state index in [4.69, 9.17) is 9.47 Å². The van der Waals surface area contributed by atoms with E-state index >= 15 is 0 Å². The molecule has 0 aliphatic heterocycles. The number of hydrogen-bond acceptors (Lipinski definition) is 3. The highest BCUT2D eigenvalue weighted by Gasteiger charge is 2.11. The van der Waals surface area contributed by atoms with E-state index in [0.717, 1.165) is 31.7 Å². The number of para-hydroxylation sites is 1. The van der Waals surface area contributed by atoms with E-state index < -0.39 is 0 Å². The molecule has 0 aliphatic carbocycles. The Morgan fingerprint density at radius 1 is 1.24 bits per heavy atom. The van der Waals surface area contributed by atoms with Crippen LogP contribution in [0.5, 0.6) is 5.75 Å². The highest BCUT2D eigenvalue weighted by atomic mass is 16.5. The fraction of sp³-hybridized carbons (Fsp3) is 0.571. The van der Waals surface area contributed by atoms with Crippen LogP contribution in [0.1, 0.15) is 18.9 Å². The molecule has 0 spiro atoms. The Balaban J connectivity index is 2.63. The normalized spacial score (nSPS) is 12.4. The van der Waals surface area contributed by atoms with E-state index in [1.807, 2.05) is 12.1 Å². The molecule has 3 heteroatoms. The maximum atomic E-state index is 5.37. The van der Waals surface area contributed by atoms with Crippen LogP contribution in [0, 0.1) is 0 Å². The zero-order valence-corrected chi connectivity index (χ0v) is 11.0. The van der Waals surface area contributed by atoms with Crippen LogP contribution in [0.4, 0.5) is 0 Å². The fourth-order valence-corrected chi connectivity index (χ4v) is 1.96. The predicted molar refractivity (Wildman–Crippen MR) is 70.7 cm³/mol. The van der Waals surface area contributed by atoms with Crippen molar-refractivity contribution in [3.05, 3.63) is 29.8 Å². The minimum absolute atomic E-state index is 0.441. The first-order valence-corrected chi connectivity index (χ1v) is 6.16. The molecule has 1 aromatic carbocycles. The Morgan fingerprint density at radius 2 is 2.00 bits per heavy atom. The second kappa shape index (κ2) is 8.09. The van der Waals surface area contributed by atoms with Gasteiger partial charge in [-0.3, -0.25) is 0 Å². The Morgan fingerprint density at radius 3 is 2.65 bits per heavy atom. The SMILES string of the molecule is CCNC(CCOC)Cc1ccccc1OC. The quantitative estimate of drug-likeness (QED) is 0.752. The van der Waals surface area contributed by atoms with Gasteiger partial charge in [-0.05, 0) is 31.0 Å². The molecule has 1 unspecified atom stereocenters. The van der Waals surface area contributed by atoms with E-state index in [0.29, 0.717) is 6.04 Å². The van der Waals surface area contributed by atoms with Gasteiger partial charge >= 0.3 is 0 Å². The first kappa shape index (κ1) is 14.0. The molecule has 1 rings (SSSR count). The first-order valence-electron chi connectivity index (χ1n) is 6.16. The molecule has 0 bridgehead atoms. The van der Waals surface area contributed by atoms with Gasteiger partial charge in [0.05, 0.1) is 7.11 Å². The van der Waals surface area contributed by atoms with Crippen LogP contribution in [-0.2, 0) is 11.2 Å². The third-order valence-corrected chi connectivity index (χ3v) is 2.82. The van der Waals surface area contributed by atoms with E-state index in [1.54, 1.807) is 14.2 Å². The molecule has 0 fully saturated rings. The summed E-state index contributed by atoms with van der Waals surface area (Å²) in [6, 6.07) is 8.62. The summed E-state index contributed by atoms with van der Waals surface area (Å²) in [6.45, 7) is 3.89. The van der Waals surface area contributed by atoms with Crippen LogP contribution in [0.3, 0.4) is 0 Å². The number of ether oxygens (including phenoxy) is 2. The van der Waals surface area contributed by atoms with Gasteiger partial charge in [-0.15, -0.1) is 0 Å². The molecule has 96 valence electrons. The zero-order chi connectivity index (χ0) is 12.5. The lowest BCUT2D eigenvalue weighted by molar-refractivity contribution is 0.182. The zero-order valence-electron chi connectivity index (χ0n) is 11.0. The van der Waals surface area contributed by atoms with Crippen molar-refractivity contribution in [3.63, 3.8) is 0 Å². The first-order chi connectivity index (χ1) is 8.31. The van der Waals surface area contributed by atoms with Crippen molar-refractivity contribution >= 4 is 0 Å². The van der Waals surface area contributed by atoms with Crippen LogP contribution in [0.2, 0.25) is 0 Å². The second-order valence-electron chi connectivity index (χ2n) is 4.05. The number of nitrogens with one attached hydrogen (secondary N) is 1. The second-order valence-corrected chi connectivity index (χ2v) is 4.05. The average molecular weight is 237 g/mol. The average Bonchev–Trinajstić information content (AvgIpc) is 2.37. The molecule has 0 radical (unpaired) electrons. The molecule has 0 heterocycles. The summed E-state index contributed by atoms with van der Waals surface area (Å²) >= 11 is 0. The number of likely N-dealkylation sites (N-methyl/N-ethyl adjacent to an activating group) is 1. The minimum Gasteiger partial charge on any atom is -0.496 e. The summed E-state index contributed by atoms with van der Waals surface area (Å²) in [7, 11) is 3.46. The molecule has 0 amide bonds. The van der Waals surface area contributed by atoms with Crippen molar-refractivity contribution < 1.29 is 9.47 Å². The van der Waals surface area contributed by atoms with E-state index in [-0.39, 0.29) is 0 Å². The summed E-state index contributed by atoms with van der Waals surface area (Å²) in [4.78, 5) is 0. The summed E-state index contributed by atoms with van der Waals surface area (Å²) in [6.07, 6.45) is 1.99. The number of methoxy groups -OCH3 is 2. The van der Waals surface area contributed by atoms with Crippen molar-refractivity contribution in [1.82, 2.24) is 5.32 Å². The highest BCUT2D eigenvalue weighted by molar-refractivity contribution is 5.33. The molecule has 0 aliphatic rings. The molecule has 0 saturated carbocycles. The van der Waals surface area contributed by atoms with Crippen molar-refractivity contribution in [2.24, 2.45) is 0 Å². The van der Waals surface area contributed by atoms with Crippen LogP contribution >= 0.6 is 0 Å². The van der Waals surface area contributed by atoms with Gasteiger partial charge in [-0.25, -0.2) is 0 Å². The van der Waals surface area contributed by atoms with Crippen LogP contribution in [0.15, 0.2) is 24.3 Å². The lowest BCUT2D eigenvalue weighted by Gasteiger charge is -2.18. The van der Waals surface area contributed by atoms with Gasteiger partial charge in [0.25, 0.3) is 0 Å². The predicted octanol–water partition coefficient (Wildman–Crippen LogP) is 2.25. The lowest BCUT2D eigenvalue weighted by Crippen LogP contribution is -2.32. The molecule has 0 saturated heterocycles. The topological polar surface area (TPSA) is 30.5 Å². The van der Waals surface area contributed by atoms with Gasteiger partial charge < -0.3 is 14.8 Å². The van der Waals surface area contributed by atoms with Crippen molar-refractivity contribution in [2.75, 3.05) is 27.4 Å². The van der Waals surface area contributed by atoms with E-state index in [9.17, 15) is 0 Å². The smallest absolute Gasteiger partial charge is 0.122 e. The third-order valence-electron chi connectivity index (χ3n) is 2.82. The fourth-order valence-electron chi connectivity index (χ4n) is 1.96. The largest absolute Gasteiger partial charge is 0.496 e. The number of benzene rings is 1. The van der Waals surface area contributed by atoms with Gasteiger partial charge in [0.15, 0.2) is 0 Å². The Hall–Kier alpha value is -1.06. The molecule has 1 atom stereocenters. The van der Waals surface area contributed by atoms with E-state index in [2.05, 4.69) is 24.4 Å². The van der Waals surface area contributed by atoms with Gasteiger partial charge in [0.1, 0.15) is 5.75 Å². The van der Waals surface area contributed by atoms with Gasteiger partial charge in [0, 0.05) is 19.8 Å². The molecule has 1 N–H and O–H groups in total. The maximum Gasteiger partial charge on any atom is 0.122 e. The van der Waals surface area contributed by atoms with E-state index in [1.165, 1.54) is 5.56 Å². The summed E-state index contributed by atoms with van der Waals surface area (Å²) in [5.41, 5.74) is 1.25. The summed E-state index contributed by atoms with van der Waals surface area (Å²) in [5, 5.41) is 3.48. The van der Waals surface area contributed by atoms with Crippen molar-refractivity contribution in [3.8, 4) is 5.75 Å². The maximum absolute atomic E-state index is 5.37. The molecule has 3 nitrogen and oxygen atoms in total. The van der Waals surface area contributed by atoms with Crippen LogP contribution < -0.4 is 10.1 Å². The molecule has 17 heavy (non-hydrogen) atoms. The number of rotatable bonds is 8. The summed E-state index contributed by atoms with van der Waals surface area (Å²) in [5.74, 6) is 0.966. The Bertz CT molecular complexity index is 315. The monoisotopic (exact) mass is 237 g/mol. The molecule has 0 aromatic heterocycles. The highest BCUT2D eigenvalue weighted by Crippen LogP contribution is 2.19. The van der Waals surface area contributed by atoms with Crippen LogP contribution in [0.25, 0.3) is 0 Å². The van der Waals surface area contributed by atoms with Crippen LogP contribution in [-0.4, -0.2) is 33.4 Å². The molecular formula is C14H23NO2. The van der Waals surface area contributed by atoms with Gasteiger partial charge in [0.2, 0.25) is 0 Å². The standard InChI is InChI=1S/C14H23NO2/c1-4-15-13(9-10-16-2)11-12-7-5-6-8-14(12)17-3/h5-8,13,15H,4,9-11H2,1-3H3.